The number of hydrogen-bond acceptors (Lipinski definition) is 2. The van der Waals surface area contributed by atoms with E-state index in [-0.39, 0.29) is 5.91 Å². The highest BCUT2D eigenvalue weighted by atomic mass is 16.3. The normalized spacial score (nSPS) is 18.5. The molecule has 2 heterocycles. The predicted molar refractivity (Wildman–Crippen MR) is 83.0 cm³/mol. The highest BCUT2D eigenvalue weighted by Crippen LogP contribution is 2.35. The molecule has 2 aromatic rings. The van der Waals surface area contributed by atoms with Crippen LogP contribution in [-0.4, -0.2) is 5.91 Å². The smallest absolute Gasteiger partial charge is 0.256 e. The molecule has 0 spiro atoms. The molecule has 0 fully saturated rings. The summed E-state index contributed by atoms with van der Waals surface area (Å²) in [5.74, 6) is 1.84. The number of aryl methyl sites for hydroxylation is 3. The Hall–Kier alpha value is -2.29. The summed E-state index contributed by atoms with van der Waals surface area (Å²) in [6, 6.07) is 8.09. The quantitative estimate of drug-likeness (QED) is 0.803. The lowest BCUT2D eigenvalue weighted by molar-refractivity contribution is -0.110. The van der Waals surface area contributed by atoms with E-state index < -0.39 is 0 Å². The third-order valence-corrected chi connectivity index (χ3v) is 4.26. The van der Waals surface area contributed by atoms with Gasteiger partial charge in [-0.3, -0.25) is 4.79 Å². The molecular formula is C18H17NO2. The zero-order valence-electron chi connectivity index (χ0n) is 12.0. The summed E-state index contributed by atoms with van der Waals surface area (Å²) in [5.41, 5.74) is 4.99. The molecule has 0 atom stereocenters. The molecular weight excluding hydrogens is 262 g/mol. The monoisotopic (exact) mass is 279 g/mol. The van der Waals surface area contributed by atoms with E-state index in [9.17, 15) is 4.79 Å². The summed E-state index contributed by atoms with van der Waals surface area (Å²) in [7, 11) is 0. The van der Waals surface area contributed by atoms with Crippen LogP contribution in [0.3, 0.4) is 0 Å². The molecule has 2 aliphatic rings. The molecule has 0 saturated heterocycles. The van der Waals surface area contributed by atoms with Crippen molar-refractivity contribution in [3.63, 3.8) is 0 Å². The van der Waals surface area contributed by atoms with Crippen LogP contribution in [0.1, 0.15) is 41.1 Å². The molecule has 3 heteroatoms. The molecule has 1 aromatic carbocycles. The second-order valence-corrected chi connectivity index (χ2v) is 5.87. The number of carbonyl (C=O) groups is 1. The van der Waals surface area contributed by atoms with E-state index >= 15 is 0 Å². The van der Waals surface area contributed by atoms with Crippen molar-refractivity contribution in [3.8, 4) is 0 Å². The van der Waals surface area contributed by atoms with Crippen molar-refractivity contribution in [2.75, 3.05) is 5.32 Å². The molecule has 0 bridgehead atoms. The third-order valence-electron chi connectivity index (χ3n) is 4.26. The molecule has 1 amide bonds. The Morgan fingerprint density at radius 1 is 1.19 bits per heavy atom. The van der Waals surface area contributed by atoms with Crippen LogP contribution in [0, 0.1) is 6.92 Å². The molecule has 1 aromatic heterocycles. The number of hydrogen-bond donors (Lipinski definition) is 1. The van der Waals surface area contributed by atoms with Crippen molar-refractivity contribution in [1.29, 1.82) is 0 Å². The Bertz CT molecular complexity index is 744. The standard InChI is InChI=1S/C18H17NO2/c1-11-6-7-16-14(8-11)15(18(20)19-16)10-13-9-12-4-2-3-5-17(12)21-13/h6-10H,2-5H2,1H3,(H,19,20). The van der Waals surface area contributed by atoms with Crippen molar-refractivity contribution in [3.05, 3.63) is 52.5 Å². The van der Waals surface area contributed by atoms with E-state index in [2.05, 4.69) is 11.4 Å². The Morgan fingerprint density at radius 3 is 2.90 bits per heavy atom. The summed E-state index contributed by atoms with van der Waals surface area (Å²) in [5, 5.41) is 2.91. The summed E-state index contributed by atoms with van der Waals surface area (Å²) >= 11 is 0. The van der Waals surface area contributed by atoms with Crippen molar-refractivity contribution >= 4 is 23.2 Å². The van der Waals surface area contributed by atoms with E-state index in [1.54, 1.807) is 0 Å². The minimum atomic E-state index is -0.0510. The van der Waals surface area contributed by atoms with Gasteiger partial charge in [0.2, 0.25) is 0 Å². The van der Waals surface area contributed by atoms with Gasteiger partial charge >= 0.3 is 0 Å². The molecule has 1 aliphatic carbocycles. The summed E-state index contributed by atoms with van der Waals surface area (Å²) in [4.78, 5) is 12.2. The van der Waals surface area contributed by atoms with Gasteiger partial charge in [0.25, 0.3) is 5.91 Å². The van der Waals surface area contributed by atoms with Gasteiger partial charge in [-0.25, -0.2) is 0 Å². The van der Waals surface area contributed by atoms with Gasteiger partial charge in [-0.15, -0.1) is 0 Å². The average Bonchev–Trinajstić information content (AvgIpc) is 3.01. The topological polar surface area (TPSA) is 42.2 Å². The Morgan fingerprint density at radius 2 is 2.05 bits per heavy atom. The SMILES string of the molecule is Cc1ccc2c(c1)C(=Cc1cc3c(o1)CCCC3)C(=O)N2. The average molecular weight is 279 g/mol. The van der Waals surface area contributed by atoms with Gasteiger partial charge in [0.05, 0.1) is 5.57 Å². The van der Waals surface area contributed by atoms with Crippen LogP contribution in [0.25, 0.3) is 11.6 Å². The molecule has 1 N–H and O–H groups in total. The van der Waals surface area contributed by atoms with E-state index in [1.165, 1.54) is 18.4 Å². The van der Waals surface area contributed by atoms with Gasteiger partial charge in [-0.2, -0.15) is 0 Å². The fraction of sp³-hybridized carbons (Fsp3) is 0.278. The molecule has 4 rings (SSSR count). The lowest BCUT2D eigenvalue weighted by atomic mass is 9.98. The first-order valence-corrected chi connectivity index (χ1v) is 7.46. The van der Waals surface area contributed by atoms with E-state index in [0.29, 0.717) is 5.57 Å². The number of fused-ring (bicyclic) bond motifs is 2. The largest absolute Gasteiger partial charge is 0.461 e. The van der Waals surface area contributed by atoms with Crippen LogP contribution >= 0.6 is 0 Å². The molecule has 0 radical (unpaired) electrons. The number of anilines is 1. The first-order valence-electron chi connectivity index (χ1n) is 7.46. The van der Waals surface area contributed by atoms with Gasteiger partial charge in [-0.05, 0) is 56.0 Å². The highest BCUT2D eigenvalue weighted by molar-refractivity contribution is 6.34. The number of benzene rings is 1. The number of rotatable bonds is 1. The predicted octanol–water partition coefficient (Wildman–Crippen LogP) is 3.96. The first kappa shape index (κ1) is 12.5. The van der Waals surface area contributed by atoms with Gasteiger partial charge in [-0.1, -0.05) is 11.6 Å². The Labute approximate surface area is 123 Å². The number of amides is 1. The van der Waals surface area contributed by atoms with Crippen molar-refractivity contribution in [2.24, 2.45) is 0 Å². The number of carbonyl (C=O) groups excluding carboxylic acids is 1. The van der Waals surface area contributed by atoms with Crippen LogP contribution < -0.4 is 5.32 Å². The van der Waals surface area contributed by atoms with E-state index in [1.807, 2.05) is 31.2 Å². The van der Waals surface area contributed by atoms with Crippen LogP contribution in [0.5, 0.6) is 0 Å². The fourth-order valence-corrected chi connectivity index (χ4v) is 3.17. The molecule has 21 heavy (non-hydrogen) atoms. The number of nitrogens with one attached hydrogen (secondary N) is 1. The maximum atomic E-state index is 12.2. The summed E-state index contributed by atoms with van der Waals surface area (Å²) < 4.78 is 5.91. The molecule has 106 valence electrons. The maximum Gasteiger partial charge on any atom is 0.256 e. The lowest BCUT2D eigenvalue weighted by Crippen LogP contribution is -2.03. The maximum absolute atomic E-state index is 12.2. The second kappa shape index (κ2) is 4.62. The van der Waals surface area contributed by atoms with Crippen molar-refractivity contribution < 1.29 is 9.21 Å². The van der Waals surface area contributed by atoms with Crippen LogP contribution in [0.4, 0.5) is 5.69 Å². The molecule has 1 aliphatic heterocycles. The van der Waals surface area contributed by atoms with Crippen LogP contribution in [-0.2, 0) is 17.6 Å². The van der Waals surface area contributed by atoms with Crippen LogP contribution in [0.15, 0.2) is 28.7 Å². The van der Waals surface area contributed by atoms with Gasteiger partial charge in [0.15, 0.2) is 0 Å². The lowest BCUT2D eigenvalue weighted by Gasteiger charge is -2.07. The first-order chi connectivity index (χ1) is 10.2. The van der Waals surface area contributed by atoms with Gasteiger partial charge in [0, 0.05) is 17.7 Å². The molecule has 0 unspecified atom stereocenters. The van der Waals surface area contributed by atoms with Crippen molar-refractivity contribution in [1.82, 2.24) is 0 Å². The van der Waals surface area contributed by atoms with Crippen molar-refractivity contribution in [2.45, 2.75) is 32.6 Å². The number of furan rings is 1. The second-order valence-electron chi connectivity index (χ2n) is 5.87. The van der Waals surface area contributed by atoms with Gasteiger partial charge in [0.1, 0.15) is 11.5 Å². The Kier molecular flexibility index (Phi) is 2.74. The van der Waals surface area contributed by atoms with Gasteiger partial charge < -0.3 is 9.73 Å². The van der Waals surface area contributed by atoms with Crippen LogP contribution in [0.2, 0.25) is 0 Å². The Balaban J connectivity index is 1.78. The summed E-state index contributed by atoms with van der Waals surface area (Å²) in [6.07, 6.45) is 6.40. The minimum absolute atomic E-state index is 0.0510. The zero-order valence-corrected chi connectivity index (χ0v) is 12.0. The summed E-state index contributed by atoms with van der Waals surface area (Å²) in [6.45, 7) is 2.03. The fourth-order valence-electron chi connectivity index (χ4n) is 3.17. The molecule has 0 saturated carbocycles. The van der Waals surface area contributed by atoms with E-state index in [0.717, 1.165) is 41.2 Å². The highest BCUT2D eigenvalue weighted by Gasteiger charge is 2.25. The third kappa shape index (κ3) is 2.09. The van der Waals surface area contributed by atoms with E-state index in [4.69, 9.17) is 4.42 Å². The molecule has 3 nitrogen and oxygen atoms in total. The minimum Gasteiger partial charge on any atom is -0.461 e. The zero-order chi connectivity index (χ0) is 14.4.